The second kappa shape index (κ2) is 5.59. The number of aliphatic hydroxyl groups is 3. The normalized spacial score (nSPS) is 23.5. The topological polar surface area (TPSA) is 127 Å². The molecule has 0 aromatic carbocycles. The summed E-state index contributed by atoms with van der Waals surface area (Å²) < 4.78 is 30.1. The molecule has 5 N–H and O–H groups in total. The molecule has 4 unspecified atom stereocenters. The number of likely N-dealkylation sites (N-methyl/N-ethyl adjacent to an activating group) is 1. The Morgan fingerprint density at radius 1 is 1.06 bits per heavy atom. The number of hydrogen-bond donors (Lipinski definition) is 5. The van der Waals surface area contributed by atoms with Crippen LogP contribution in [0.25, 0.3) is 0 Å². The highest BCUT2D eigenvalue weighted by atomic mass is 32.2. The molecule has 0 aromatic rings. The van der Waals surface area contributed by atoms with E-state index in [4.69, 9.17) is 0 Å². The zero-order valence-electron chi connectivity index (χ0n) is 10.3. The van der Waals surface area contributed by atoms with Gasteiger partial charge in [0.25, 0.3) is 10.1 Å². The van der Waals surface area contributed by atoms with Crippen molar-refractivity contribution in [1.29, 1.82) is 0 Å². The van der Waals surface area contributed by atoms with Crippen molar-refractivity contribution in [3.05, 3.63) is 0 Å². The van der Waals surface area contributed by atoms with E-state index in [1.807, 2.05) is 0 Å². The highest BCUT2D eigenvalue weighted by Gasteiger charge is 2.58. The van der Waals surface area contributed by atoms with Gasteiger partial charge in [-0.25, -0.2) is 0 Å². The van der Waals surface area contributed by atoms with E-state index in [-0.39, 0.29) is 0 Å². The second-order valence-corrected chi connectivity index (χ2v) is 5.84. The Bertz CT molecular complexity index is 329. The summed E-state index contributed by atoms with van der Waals surface area (Å²) in [5.41, 5.74) is 0. The molecule has 0 aliphatic carbocycles. The molecule has 17 heavy (non-hydrogen) atoms. The summed E-state index contributed by atoms with van der Waals surface area (Å²) in [6, 6.07) is -1.22. The maximum absolute atomic E-state index is 11.5. The average molecular weight is 271 g/mol. The van der Waals surface area contributed by atoms with Gasteiger partial charge in [0.05, 0.1) is 24.4 Å². The van der Waals surface area contributed by atoms with Gasteiger partial charge < -0.3 is 20.6 Å². The first kappa shape index (κ1) is 16.8. The van der Waals surface area contributed by atoms with Crippen LogP contribution >= 0.6 is 0 Å². The van der Waals surface area contributed by atoms with E-state index < -0.39 is 39.2 Å². The predicted molar refractivity (Wildman–Crippen MR) is 62.2 cm³/mol. The number of aliphatic hydroxyl groups excluding tert-OH is 3. The van der Waals surface area contributed by atoms with Crippen LogP contribution in [0.2, 0.25) is 0 Å². The predicted octanol–water partition coefficient (Wildman–Crippen LogP) is -1.66. The van der Waals surface area contributed by atoms with E-state index in [2.05, 4.69) is 5.32 Å². The zero-order chi connectivity index (χ0) is 14.0. The molecule has 0 aliphatic rings. The van der Waals surface area contributed by atoms with Crippen molar-refractivity contribution in [3.63, 3.8) is 0 Å². The molecule has 4 atom stereocenters. The zero-order valence-corrected chi connectivity index (χ0v) is 11.1. The molecular weight excluding hydrogens is 250 g/mol. The van der Waals surface area contributed by atoms with Gasteiger partial charge in [-0.3, -0.25) is 4.55 Å². The molecule has 104 valence electrons. The Morgan fingerprint density at radius 3 is 1.47 bits per heavy atom. The van der Waals surface area contributed by atoms with Crippen LogP contribution in [0.15, 0.2) is 0 Å². The third-order valence-electron chi connectivity index (χ3n) is 3.03. The van der Waals surface area contributed by atoms with Crippen molar-refractivity contribution in [2.45, 2.75) is 49.9 Å². The van der Waals surface area contributed by atoms with E-state index in [0.717, 1.165) is 13.8 Å². The van der Waals surface area contributed by atoms with Gasteiger partial charge in [-0.1, -0.05) is 0 Å². The molecule has 0 amide bonds. The second-order valence-electron chi connectivity index (χ2n) is 4.19. The molecule has 0 saturated heterocycles. The molecule has 0 fully saturated rings. The van der Waals surface area contributed by atoms with Gasteiger partial charge in [-0.05, 0) is 27.8 Å². The summed E-state index contributed by atoms with van der Waals surface area (Å²) >= 11 is 0. The summed E-state index contributed by atoms with van der Waals surface area (Å²) in [4.78, 5) is 0. The quantitative estimate of drug-likeness (QED) is 0.366. The number of nitrogens with one attached hydrogen (secondary N) is 1. The lowest BCUT2D eigenvalue weighted by atomic mass is 9.85. The molecular formula is C9H21NO6S. The van der Waals surface area contributed by atoms with Crippen LogP contribution in [-0.4, -0.2) is 64.4 Å². The third kappa shape index (κ3) is 2.78. The highest BCUT2D eigenvalue weighted by Crippen LogP contribution is 2.31. The molecule has 0 spiro atoms. The van der Waals surface area contributed by atoms with Crippen molar-refractivity contribution in [1.82, 2.24) is 5.32 Å². The molecule has 0 aromatic heterocycles. The van der Waals surface area contributed by atoms with E-state index in [0.29, 0.717) is 0 Å². The van der Waals surface area contributed by atoms with Gasteiger partial charge in [0.1, 0.15) is 0 Å². The molecule has 0 heterocycles. The van der Waals surface area contributed by atoms with E-state index in [1.165, 1.54) is 14.0 Å². The summed E-state index contributed by atoms with van der Waals surface area (Å²) in [5.74, 6) is 0. The maximum atomic E-state index is 11.5. The lowest BCUT2D eigenvalue weighted by Crippen LogP contribution is -2.69. The fraction of sp³-hybridized carbons (Fsp3) is 1.00. The fourth-order valence-corrected chi connectivity index (χ4v) is 3.80. The molecule has 0 radical (unpaired) electrons. The molecule has 0 bridgehead atoms. The SMILES string of the molecule is CNC(C(C)O)C(C(C)O)(C(C)O)S(=O)(=O)O. The van der Waals surface area contributed by atoms with E-state index in [9.17, 15) is 28.3 Å². The summed E-state index contributed by atoms with van der Waals surface area (Å²) in [6.45, 7) is 3.56. The Kier molecular flexibility index (Phi) is 5.51. The van der Waals surface area contributed by atoms with Crippen LogP contribution in [0, 0.1) is 0 Å². The average Bonchev–Trinajstić information content (AvgIpc) is 2.08. The monoisotopic (exact) mass is 271 g/mol. The van der Waals surface area contributed by atoms with Crippen LogP contribution in [-0.2, 0) is 10.1 Å². The van der Waals surface area contributed by atoms with Gasteiger partial charge in [-0.15, -0.1) is 0 Å². The molecule has 0 aliphatic heterocycles. The first-order chi connectivity index (χ1) is 7.53. The van der Waals surface area contributed by atoms with Gasteiger partial charge in [0, 0.05) is 0 Å². The van der Waals surface area contributed by atoms with Gasteiger partial charge in [0.2, 0.25) is 0 Å². The number of rotatable bonds is 6. The Balaban J connectivity index is 5.99. The standard InChI is InChI=1S/C9H21NO6S/c1-5(11)8(10-4)9(6(2)12,7(3)13)17(14,15)16/h5-8,10-13H,1-4H3,(H,14,15,16). The molecule has 8 heteroatoms. The molecule has 0 saturated carbocycles. The lowest BCUT2D eigenvalue weighted by molar-refractivity contribution is -0.00459. The molecule has 0 rings (SSSR count). The first-order valence-electron chi connectivity index (χ1n) is 5.21. The summed E-state index contributed by atoms with van der Waals surface area (Å²) in [7, 11) is -3.44. The Hall–Kier alpha value is -0.250. The highest BCUT2D eigenvalue weighted by molar-refractivity contribution is 7.87. The van der Waals surface area contributed by atoms with Crippen molar-refractivity contribution in [2.24, 2.45) is 0 Å². The largest absolute Gasteiger partial charge is 0.392 e. The van der Waals surface area contributed by atoms with Gasteiger partial charge in [-0.2, -0.15) is 8.42 Å². The van der Waals surface area contributed by atoms with Crippen molar-refractivity contribution in [3.8, 4) is 0 Å². The van der Waals surface area contributed by atoms with Crippen LogP contribution in [0.3, 0.4) is 0 Å². The minimum atomic E-state index is -4.80. The maximum Gasteiger partial charge on any atom is 0.277 e. The Morgan fingerprint density at radius 2 is 1.41 bits per heavy atom. The fourth-order valence-electron chi connectivity index (χ4n) is 2.30. The van der Waals surface area contributed by atoms with E-state index in [1.54, 1.807) is 0 Å². The van der Waals surface area contributed by atoms with Crippen LogP contribution in [0.4, 0.5) is 0 Å². The van der Waals surface area contributed by atoms with Crippen molar-refractivity contribution < 1.29 is 28.3 Å². The minimum absolute atomic E-state index is 1.13. The van der Waals surface area contributed by atoms with Crippen LogP contribution in [0.1, 0.15) is 20.8 Å². The first-order valence-corrected chi connectivity index (χ1v) is 6.65. The van der Waals surface area contributed by atoms with Gasteiger partial charge in [0.15, 0.2) is 4.75 Å². The van der Waals surface area contributed by atoms with Crippen molar-refractivity contribution in [2.75, 3.05) is 7.05 Å². The van der Waals surface area contributed by atoms with Crippen molar-refractivity contribution >= 4 is 10.1 Å². The van der Waals surface area contributed by atoms with E-state index >= 15 is 0 Å². The van der Waals surface area contributed by atoms with Crippen LogP contribution < -0.4 is 5.32 Å². The molecule has 7 nitrogen and oxygen atoms in total. The lowest BCUT2D eigenvalue weighted by Gasteiger charge is -2.43. The smallest absolute Gasteiger partial charge is 0.277 e. The minimum Gasteiger partial charge on any atom is -0.392 e. The summed E-state index contributed by atoms with van der Waals surface area (Å²) in [5, 5.41) is 31.4. The number of hydrogen-bond acceptors (Lipinski definition) is 6. The Labute approximate surface area is 101 Å². The van der Waals surface area contributed by atoms with Crippen LogP contribution in [0.5, 0.6) is 0 Å². The van der Waals surface area contributed by atoms with Gasteiger partial charge >= 0.3 is 0 Å². The summed E-state index contributed by atoms with van der Waals surface area (Å²) in [6.07, 6.45) is -4.36. The third-order valence-corrected chi connectivity index (χ3v) is 4.86.